The van der Waals surface area contributed by atoms with Crippen LogP contribution in [0, 0.1) is 11.8 Å². The van der Waals surface area contributed by atoms with Crippen molar-refractivity contribution in [1.82, 2.24) is 10.3 Å². The van der Waals surface area contributed by atoms with Crippen molar-refractivity contribution < 1.29 is 4.79 Å². The zero-order valence-electron chi connectivity index (χ0n) is 10.8. The molecule has 0 spiro atoms. The van der Waals surface area contributed by atoms with Gasteiger partial charge in [-0.3, -0.25) is 9.78 Å². The first-order valence-corrected chi connectivity index (χ1v) is 6.84. The first-order chi connectivity index (χ1) is 8.56. The van der Waals surface area contributed by atoms with Gasteiger partial charge in [0.1, 0.15) is 0 Å². The second-order valence-electron chi connectivity index (χ2n) is 5.44. The van der Waals surface area contributed by atoms with Crippen molar-refractivity contribution in [2.24, 2.45) is 11.8 Å². The normalized spacial score (nSPS) is 27.8. The van der Waals surface area contributed by atoms with Crippen LogP contribution in [0.25, 0.3) is 0 Å². The number of nitrogens with zero attached hydrogens (tertiary/aromatic N) is 1. The van der Waals surface area contributed by atoms with Crippen LogP contribution >= 0.6 is 11.6 Å². The van der Waals surface area contributed by atoms with Crippen molar-refractivity contribution in [3.8, 4) is 0 Å². The van der Waals surface area contributed by atoms with Gasteiger partial charge in [0.05, 0.1) is 10.6 Å². The molecule has 1 aromatic heterocycles. The lowest BCUT2D eigenvalue weighted by Gasteiger charge is -2.32. The predicted octanol–water partition coefficient (Wildman–Crippen LogP) is 3.29. The molecule has 0 aliphatic heterocycles. The number of pyridine rings is 1. The highest BCUT2D eigenvalue weighted by atomic mass is 35.5. The third-order valence-corrected chi connectivity index (χ3v) is 3.86. The van der Waals surface area contributed by atoms with Gasteiger partial charge in [-0.25, -0.2) is 0 Å². The molecule has 2 atom stereocenters. The fraction of sp³-hybridized carbons (Fsp3) is 0.571. The molecule has 1 aromatic rings. The molecule has 1 N–H and O–H groups in total. The summed E-state index contributed by atoms with van der Waals surface area (Å²) >= 11 is 5.99. The van der Waals surface area contributed by atoms with Crippen molar-refractivity contribution >= 4 is 17.5 Å². The van der Waals surface area contributed by atoms with E-state index in [2.05, 4.69) is 24.1 Å². The van der Waals surface area contributed by atoms with Gasteiger partial charge in [0.25, 0.3) is 5.91 Å². The molecule has 18 heavy (non-hydrogen) atoms. The van der Waals surface area contributed by atoms with Gasteiger partial charge in [-0.2, -0.15) is 0 Å². The van der Waals surface area contributed by atoms with E-state index in [-0.39, 0.29) is 11.9 Å². The minimum absolute atomic E-state index is 0.112. The van der Waals surface area contributed by atoms with Crippen LogP contribution in [0.1, 0.15) is 43.5 Å². The SMILES string of the molecule is CC1CC(C)CC(NC(=O)c2cnccc2Cl)C1. The number of amides is 1. The summed E-state index contributed by atoms with van der Waals surface area (Å²) in [5, 5.41) is 3.53. The van der Waals surface area contributed by atoms with Gasteiger partial charge < -0.3 is 5.32 Å². The van der Waals surface area contributed by atoms with Crippen molar-refractivity contribution in [3.63, 3.8) is 0 Å². The zero-order valence-corrected chi connectivity index (χ0v) is 11.6. The van der Waals surface area contributed by atoms with Crippen LogP contribution in [0.15, 0.2) is 18.5 Å². The summed E-state index contributed by atoms with van der Waals surface area (Å²) in [6.45, 7) is 4.48. The standard InChI is InChI=1S/C14H19ClN2O/c1-9-5-10(2)7-11(6-9)17-14(18)12-8-16-4-3-13(12)15/h3-4,8-11H,5-7H2,1-2H3,(H,17,18). The maximum atomic E-state index is 12.1. The molecular weight excluding hydrogens is 248 g/mol. The van der Waals surface area contributed by atoms with E-state index in [1.165, 1.54) is 12.6 Å². The zero-order chi connectivity index (χ0) is 13.1. The van der Waals surface area contributed by atoms with Gasteiger partial charge >= 0.3 is 0 Å². The number of hydrogen-bond donors (Lipinski definition) is 1. The van der Waals surface area contributed by atoms with Crippen molar-refractivity contribution in [3.05, 3.63) is 29.0 Å². The topological polar surface area (TPSA) is 42.0 Å². The molecule has 1 aliphatic rings. The Balaban J connectivity index is 2.01. The Morgan fingerprint density at radius 3 is 2.61 bits per heavy atom. The second kappa shape index (κ2) is 5.70. The van der Waals surface area contributed by atoms with Crippen molar-refractivity contribution in [1.29, 1.82) is 0 Å². The van der Waals surface area contributed by atoms with Gasteiger partial charge in [-0.05, 0) is 37.2 Å². The second-order valence-corrected chi connectivity index (χ2v) is 5.85. The molecular formula is C14H19ClN2O. The monoisotopic (exact) mass is 266 g/mol. The number of nitrogens with one attached hydrogen (secondary N) is 1. The predicted molar refractivity (Wildman–Crippen MR) is 72.7 cm³/mol. The summed E-state index contributed by atoms with van der Waals surface area (Å²) in [6, 6.07) is 1.90. The molecule has 2 unspecified atom stereocenters. The van der Waals surface area contributed by atoms with Crippen LogP contribution in [0.2, 0.25) is 5.02 Å². The smallest absolute Gasteiger partial charge is 0.254 e. The van der Waals surface area contributed by atoms with Gasteiger partial charge in [0, 0.05) is 18.4 Å². The lowest BCUT2D eigenvalue weighted by atomic mass is 9.80. The summed E-state index contributed by atoms with van der Waals surface area (Å²) in [6.07, 6.45) is 6.46. The van der Waals surface area contributed by atoms with Crippen LogP contribution < -0.4 is 5.32 Å². The number of hydrogen-bond acceptors (Lipinski definition) is 2. The Morgan fingerprint density at radius 1 is 1.33 bits per heavy atom. The Hall–Kier alpha value is -1.09. The van der Waals surface area contributed by atoms with E-state index in [4.69, 9.17) is 11.6 Å². The molecule has 3 nitrogen and oxygen atoms in total. The van der Waals surface area contributed by atoms with Crippen LogP contribution in [0.4, 0.5) is 0 Å². The Morgan fingerprint density at radius 2 is 2.00 bits per heavy atom. The minimum atomic E-state index is -0.112. The quantitative estimate of drug-likeness (QED) is 0.893. The van der Waals surface area contributed by atoms with Crippen LogP contribution in [0.5, 0.6) is 0 Å². The number of halogens is 1. The fourth-order valence-corrected chi connectivity index (χ4v) is 3.06. The summed E-state index contributed by atoms with van der Waals surface area (Å²) in [5.41, 5.74) is 0.463. The van der Waals surface area contributed by atoms with E-state index in [1.54, 1.807) is 12.3 Å². The molecule has 0 aromatic carbocycles. The highest BCUT2D eigenvalue weighted by Crippen LogP contribution is 2.28. The van der Waals surface area contributed by atoms with Crippen LogP contribution in [0.3, 0.4) is 0 Å². The van der Waals surface area contributed by atoms with Crippen molar-refractivity contribution in [2.45, 2.75) is 39.2 Å². The van der Waals surface area contributed by atoms with E-state index < -0.39 is 0 Å². The third kappa shape index (κ3) is 3.22. The summed E-state index contributed by atoms with van der Waals surface area (Å²) in [7, 11) is 0. The van der Waals surface area contributed by atoms with E-state index in [0.29, 0.717) is 22.4 Å². The first kappa shape index (κ1) is 13.3. The first-order valence-electron chi connectivity index (χ1n) is 6.46. The molecule has 1 heterocycles. The highest BCUT2D eigenvalue weighted by molar-refractivity contribution is 6.33. The van der Waals surface area contributed by atoms with E-state index in [9.17, 15) is 4.79 Å². The lowest BCUT2D eigenvalue weighted by Crippen LogP contribution is -2.40. The van der Waals surface area contributed by atoms with Crippen LogP contribution in [-0.4, -0.2) is 16.9 Å². The Labute approximate surface area is 113 Å². The highest BCUT2D eigenvalue weighted by Gasteiger charge is 2.25. The average Bonchev–Trinajstić information content (AvgIpc) is 2.27. The lowest BCUT2D eigenvalue weighted by molar-refractivity contribution is 0.0911. The molecule has 0 saturated heterocycles. The molecule has 0 radical (unpaired) electrons. The molecule has 1 saturated carbocycles. The van der Waals surface area contributed by atoms with E-state index in [0.717, 1.165) is 12.8 Å². The van der Waals surface area contributed by atoms with E-state index >= 15 is 0 Å². The number of carbonyl (C=O) groups is 1. The molecule has 0 bridgehead atoms. The number of aromatic nitrogens is 1. The molecule has 4 heteroatoms. The Bertz CT molecular complexity index is 426. The third-order valence-electron chi connectivity index (χ3n) is 3.53. The number of carbonyl (C=O) groups excluding carboxylic acids is 1. The van der Waals surface area contributed by atoms with E-state index in [1.807, 2.05) is 0 Å². The summed E-state index contributed by atoms with van der Waals surface area (Å²) in [5.74, 6) is 1.23. The van der Waals surface area contributed by atoms with Crippen molar-refractivity contribution in [2.75, 3.05) is 0 Å². The molecule has 2 rings (SSSR count). The summed E-state index contributed by atoms with van der Waals surface area (Å²) < 4.78 is 0. The largest absolute Gasteiger partial charge is 0.349 e. The maximum absolute atomic E-state index is 12.1. The minimum Gasteiger partial charge on any atom is -0.349 e. The maximum Gasteiger partial charge on any atom is 0.254 e. The molecule has 1 amide bonds. The Kier molecular flexibility index (Phi) is 4.23. The van der Waals surface area contributed by atoms with Gasteiger partial charge in [-0.1, -0.05) is 25.4 Å². The molecule has 98 valence electrons. The summed E-state index contributed by atoms with van der Waals surface area (Å²) in [4.78, 5) is 16.1. The van der Waals surface area contributed by atoms with Crippen LogP contribution in [-0.2, 0) is 0 Å². The average molecular weight is 267 g/mol. The van der Waals surface area contributed by atoms with Gasteiger partial charge in [-0.15, -0.1) is 0 Å². The van der Waals surface area contributed by atoms with Gasteiger partial charge in [0.2, 0.25) is 0 Å². The molecule has 1 aliphatic carbocycles. The number of rotatable bonds is 2. The fourth-order valence-electron chi connectivity index (χ4n) is 2.87. The van der Waals surface area contributed by atoms with Gasteiger partial charge in [0.15, 0.2) is 0 Å². The molecule has 1 fully saturated rings.